The van der Waals surface area contributed by atoms with E-state index in [1.54, 1.807) is 6.26 Å². The zero-order valence-electron chi connectivity index (χ0n) is 11.3. The number of hydrogen-bond donors (Lipinski definition) is 1. The zero-order chi connectivity index (χ0) is 14.5. The number of benzene rings is 1. The van der Waals surface area contributed by atoms with Crippen molar-refractivity contribution in [3.63, 3.8) is 0 Å². The van der Waals surface area contributed by atoms with Gasteiger partial charge in [0.25, 0.3) is 5.91 Å². The molecule has 1 heterocycles. The average Bonchev–Trinajstić information content (AvgIpc) is 2.43. The normalized spacial score (nSPS) is 11.9. The van der Waals surface area contributed by atoms with E-state index in [-0.39, 0.29) is 5.91 Å². The van der Waals surface area contributed by atoms with Gasteiger partial charge in [0, 0.05) is 40.9 Å². The second-order valence-corrected chi connectivity index (χ2v) is 5.82. The molecule has 0 radical (unpaired) electrons. The lowest BCUT2D eigenvalue weighted by Gasteiger charge is -2.11. The van der Waals surface area contributed by atoms with Crippen molar-refractivity contribution >= 4 is 22.4 Å². The summed E-state index contributed by atoms with van der Waals surface area (Å²) in [7, 11) is -0.916. The second-order valence-electron chi connectivity index (χ2n) is 4.39. The number of amides is 1. The monoisotopic (exact) mass is 289 g/mol. The summed E-state index contributed by atoms with van der Waals surface area (Å²) in [6.07, 6.45) is 5.95. The molecule has 0 fully saturated rings. The number of anilines is 1. The van der Waals surface area contributed by atoms with Crippen molar-refractivity contribution < 1.29 is 9.00 Å². The first kappa shape index (κ1) is 14.3. The minimum atomic E-state index is -0.916. The van der Waals surface area contributed by atoms with Crippen molar-refractivity contribution in [2.24, 2.45) is 0 Å². The van der Waals surface area contributed by atoms with E-state index in [4.69, 9.17) is 0 Å². The number of nitrogens with one attached hydrogen (secondary N) is 1. The molecule has 20 heavy (non-hydrogen) atoms. The van der Waals surface area contributed by atoms with E-state index in [1.807, 2.05) is 25.1 Å². The van der Waals surface area contributed by atoms with Crippen LogP contribution in [0.5, 0.6) is 0 Å². The molecule has 0 saturated heterocycles. The topological polar surface area (TPSA) is 72.0 Å². The minimum absolute atomic E-state index is 0.261. The standard InChI is InChI=1S/C14H15N3O2S/c1-10-11(8-20(2)19)4-3-5-13(10)17-14(18)12-6-15-9-16-7-12/h3-7,9H,8H2,1-2H3,(H,17,18). The minimum Gasteiger partial charge on any atom is -0.322 e. The lowest BCUT2D eigenvalue weighted by molar-refractivity contribution is 0.102. The smallest absolute Gasteiger partial charge is 0.258 e. The van der Waals surface area contributed by atoms with E-state index in [0.29, 0.717) is 17.0 Å². The van der Waals surface area contributed by atoms with Crippen molar-refractivity contribution in [2.45, 2.75) is 12.7 Å². The van der Waals surface area contributed by atoms with Gasteiger partial charge >= 0.3 is 0 Å². The Balaban J connectivity index is 2.22. The lowest BCUT2D eigenvalue weighted by atomic mass is 10.1. The van der Waals surface area contributed by atoms with Crippen molar-refractivity contribution in [1.29, 1.82) is 0 Å². The van der Waals surface area contributed by atoms with Crippen LogP contribution in [-0.4, -0.2) is 26.3 Å². The molecule has 0 spiro atoms. The maximum Gasteiger partial charge on any atom is 0.258 e. The fourth-order valence-corrected chi connectivity index (χ4v) is 2.56. The Labute approximate surface area is 119 Å². The summed E-state index contributed by atoms with van der Waals surface area (Å²) >= 11 is 0. The highest BCUT2D eigenvalue weighted by Gasteiger charge is 2.10. The molecular weight excluding hydrogens is 274 g/mol. The number of aromatic nitrogens is 2. The van der Waals surface area contributed by atoms with Crippen LogP contribution in [0.3, 0.4) is 0 Å². The Morgan fingerprint density at radius 2 is 2.00 bits per heavy atom. The lowest BCUT2D eigenvalue weighted by Crippen LogP contribution is -2.14. The van der Waals surface area contributed by atoms with E-state index in [1.165, 1.54) is 18.7 Å². The molecule has 1 aromatic carbocycles. The highest BCUT2D eigenvalue weighted by Crippen LogP contribution is 2.20. The van der Waals surface area contributed by atoms with Crippen molar-refractivity contribution in [3.05, 3.63) is 53.6 Å². The molecule has 2 aromatic rings. The van der Waals surface area contributed by atoms with E-state index in [2.05, 4.69) is 15.3 Å². The van der Waals surface area contributed by atoms with Gasteiger partial charge in [-0.1, -0.05) is 12.1 Å². The first-order valence-corrected chi connectivity index (χ1v) is 7.75. The Bertz CT molecular complexity index is 644. The maximum atomic E-state index is 12.0. The zero-order valence-corrected chi connectivity index (χ0v) is 12.1. The fourth-order valence-electron chi connectivity index (χ4n) is 1.81. The summed E-state index contributed by atoms with van der Waals surface area (Å²) in [6, 6.07) is 5.57. The predicted molar refractivity (Wildman–Crippen MR) is 78.9 cm³/mol. The molecule has 0 aliphatic carbocycles. The fraction of sp³-hybridized carbons (Fsp3) is 0.214. The molecule has 1 aromatic heterocycles. The Kier molecular flexibility index (Phi) is 4.57. The molecule has 1 atom stereocenters. The van der Waals surface area contributed by atoms with Crippen LogP contribution < -0.4 is 5.32 Å². The van der Waals surface area contributed by atoms with Crippen LogP contribution in [-0.2, 0) is 16.6 Å². The van der Waals surface area contributed by atoms with Gasteiger partial charge in [-0.25, -0.2) is 9.97 Å². The third-order valence-corrected chi connectivity index (χ3v) is 3.59. The van der Waals surface area contributed by atoms with Gasteiger partial charge in [0.2, 0.25) is 0 Å². The van der Waals surface area contributed by atoms with E-state index < -0.39 is 10.8 Å². The summed E-state index contributed by atoms with van der Waals surface area (Å²) in [5.41, 5.74) is 3.00. The van der Waals surface area contributed by atoms with Crippen molar-refractivity contribution in [1.82, 2.24) is 9.97 Å². The van der Waals surface area contributed by atoms with E-state index in [0.717, 1.165) is 11.1 Å². The molecule has 0 bridgehead atoms. The van der Waals surface area contributed by atoms with Crippen LogP contribution in [0, 0.1) is 6.92 Å². The average molecular weight is 289 g/mol. The van der Waals surface area contributed by atoms with Gasteiger partial charge in [-0.15, -0.1) is 0 Å². The van der Waals surface area contributed by atoms with Crippen LogP contribution in [0.1, 0.15) is 21.5 Å². The Hall–Kier alpha value is -2.08. The SMILES string of the molecule is Cc1c(CS(C)=O)cccc1NC(=O)c1cncnc1. The van der Waals surface area contributed by atoms with Gasteiger partial charge in [-0.05, 0) is 24.1 Å². The van der Waals surface area contributed by atoms with Crippen LogP contribution in [0.4, 0.5) is 5.69 Å². The molecule has 1 N–H and O–H groups in total. The number of rotatable bonds is 4. The molecule has 2 rings (SSSR count). The molecular formula is C14H15N3O2S. The van der Waals surface area contributed by atoms with E-state index >= 15 is 0 Å². The third-order valence-electron chi connectivity index (χ3n) is 2.88. The Morgan fingerprint density at radius 3 is 2.65 bits per heavy atom. The molecule has 104 valence electrons. The summed E-state index contributed by atoms with van der Waals surface area (Å²) in [4.78, 5) is 19.7. The van der Waals surface area contributed by atoms with Crippen LogP contribution in [0.25, 0.3) is 0 Å². The molecule has 5 nitrogen and oxygen atoms in total. The maximum absolute atomic E-state index is 12.0. The highest BCUT2D eigenvalue weighted by molar-refractivity contribution is 7.83. The van der Waals surface area contributed by atoms with Gasteiger partial charge < -0.3 is 5.32 Å². The highest BCUT2D eigenvalue weighted by atomic mass is 32.2. The number of carbonyl (C=O) groups excluding carboxylic acids is 1. The summed E-state index contributed by atoms with van der Waals surface area (Å²) < 4.78 is 11.3. The molecule has 1 unspecified atom stereocenters. The number of hydrogen-bond acceptors (Lipinski definition) is 4. The quantitative estimate of drug-likeness (QED) is 0.933. The molecule has 1 amide bonds. The van der Waals surface area contributed by atoms with Crippen LogP contribution in [0.15, 0.2) is 36.9 Å². The largest absolute Gasteiger partial charge is 0.322 e. The number of carbonyl (C=O) groups is 1. The van der Waals surface area contributed by atoms with E-state index in [9.17, 15) is 9.00 Å². The van der Waals surface area contributed by atoms with Gasteiger partial charge in [-0.2, -0.15) is 0 Å². The summed E-state index contributed by atoms with van der Waals surface area (Å²) in [6.45, 7) is 1.90. The van der Waals surface area contributed by atoms with Gasteiger partial charge in [0.15, 0.2) is 0 Å². The van der Waals surface area contributed by atoms with Crippen LogP contribution >= 0.6 is 0 Å². The van der Waals surface area contributed by atoms with Gasteiger partial charge in [0.1, 0.15) is 6.33 Å². The van der Waals surface area contributed by atoms with Crippen LogP contribution in [0.2, 0.25) is 0 Å². The first-order valence-electron chi connectivity index (χ1n) is 6.03. The Morgan fingerprint density at radius 1 is 1.30 bits per heavy atom. The van der Waals surface area contributed by atoms with Gasteiger partial charge in [-0.3, -0.25) is 9.00 Å². The van der Waals surface area contributed by atoms with Crippen molar-refractivity contribution in [3.8, 4) is 0 Å². The first-order chi connectivity index (χ1) is 9.58. The number of nitrogens with zero attached hydrogens (tertiary/aromatic N) is 2. The summed E-state index contributed by atoms with van der Waals surface area (Å²) in [5, 5.41) is 2.82. The predicted octanol–water partition coefficient (Wildman–Crippen LogP) is 1.92. The van der Waals surface area contributed by atoms with Crippen molar-refractivity contribution in [2.75, 3.05) is 11.6 Å². The second kappa shape index (κ2) is 6.38. The van der Waals surface area contributed by atoms with Gasteiger partial charge in [0.05, 0.1) is 5.56 Å². The molecule has 6 heteroatoms. The third kappa shape index (κ3) is 3.48. The molecule has 0 aliphatic heterocycles. The summed E-state index contributed by atoms with van der Waals surface area (Å²) in [5.74, 6) is 0.216. The molecule has 0 aliphatic rings. The molecule has 0 saturated carbocycles.